The number of nitrogens with one attached hydrogen (secondary N) is 1. The van der Waals surface area contributed by atoms with Crippen molar-refractivity contribution < 1.29 is 0 Å². The van der Waals surface area contributed by atoms with E-state index in [0.29, 0.717) is 6.04 Å². The first kappa shape index (κ1) is 15.4. The molecule has 1 unspecified atom stereocenters. The average Bonchev–Trinajstić information content (AvgIpc) is 2.66. The lowest BCUT2D eigenvalue weighted by molar-refractivity contribution is 0.481. The molecule has 0 bridgehead atoms. The van der Waals surface area contributed by atoms with E-state index in [9.17, 15) is 0 Å². The smallest absolute Gasteiger partial charge is 0.0412 e. The second-order valence-electron chi connectivity index (χ2n) is 6.39. The van der Waals surface area contributed by atoms with Gasteiger partial charge in [-0.1, -0.05) is 39.0 Å². The zero-order chi connectivity index (χ0) is 14.4. The van der Waals surface area contributed by atoms with E-state index in [2.05, 4.69) is 55.3 Å². The topological polar surface area (TPSA) is 15.3 Å². The monoisotopic (exact) mass is 274 g/mol. The van der Waals surface area contributed by atoms with Crippen LogP contribution in [0, 0.1) is 5.92 Å². The number of nitrogens with zero attached hydrogens (tertiary/aromatic N) is 1. The molecule has 0 spiro atoms. The van der Waals surface area contributed by atoms with Crippen LogP contribution in [0.5, 0.6) is 0 Å². The summed E-state index contributed by atoms with van der Waals surface area (Å²) in [6.45, 7) is 10.3. The van der Waals surface area contributed by atoms with Crippen LogP contribution in [0.1, 0.15) is 45.6 Å². The van der Waals surface area contributed by atoms with Gasteiger partial charge in [-0.25, -0.2) is 0 Å². The SMILES string of the molecule is CCC(CNCC(C)C)N1CCCCc2ccccc21. The maximum atomic E-state index is 3.64. The van der Waals surface area contributed by atoms with Crippen molar-refractivity contribution in [1.82, 2.24) is 5.32 Å². The minimum Gasteiger partial charge on any atom is -0.367 e. The summed E-state index contributed by atoms with van der Waals surface area (Å²) in [7, 11) is 0. The lowest BCUT2D eigenvalue weighted by atomic mass is 10.1. The molecule has 0 saturated carbocycles. The summed E-state index contributed by atoms with van der Waals surface area (Å²) in [4.78, 5) is 2.65. The zero-order valence-corrected chi connectivity index (χ0v) is 13.4. The minimum atomic E-state index is 0.619. The predicted molar refractivity (Wildman–Crippen MR) is 88.5 cm³/mol. The highest BCUT2D eigenvalue weighted by molar-refractivity contribution is 5.55. The van der Waals surface area contributed by atoms with Gasteiger partial charge in [-0.15, -0.1) is 0 Å². The molecule has 1 aliphatic rings. The van der Waals surface area contributed by atoms with Crippen LogP contribution >= 0.6 is 0 Å². The van der Waals surface area contributed by atoms with E-state index in [1.165, 1.54) is 43.5 Å². The molecule has 1 aliphatic heterocycles. The summed E-state index contributed by atoms with van der Waals surface area (Å²) in [5, 5.41) is 3.64. The highest BCUT2D eigenvalue weighted by Gasteiger charge is 2.21. The Morgan fingerprint density at radius 2 is 1.95 bits per heavy atom. The Hall–Kier alpha value is -1.02. The van der Waals surface area contributed by atoms with Gasteiger partial charge in [-0.2, -0.15) is 0 Å². The van der Waals surface area contributed by atoms with Gasteiger partial charge in [0.2, 0.25) is 0 Å². The highest BCUT2D eigenvalue weighted by atomic mass is 15.2. The summed E-state index contributed by atoms with van der Waals surface area (Å²) < 4.78 is 0. The van der Waals surface area contributed by atoms with Crippen LogP contribution in [0.15, 0.2) is 24.3 Å². The Bertz CT molecular complexity index is 400. The first-order valence-corrected chi connectivity index (χ1v) is 8.27. The summed E-state index contributed by atoms with van der Waals surface area (Å²) >= 11 is 0. The van der Waals surface area contributed by atoms with Gasteiger partial charge in [0.1, 0.15) is 0 Å². The lowest BCUT2D eigenvalue weighted by Gasteiger charge is -2.34. The van der Waals surface area contributed by atoms with E-state index in [-0.39, 0.29) is 0 Å². The van der Waals surface area contributed by atoms with Gasteiger partial charge < -0.3 is 10.2 Å². The molecular weight excluding hydrogens is 244 g/mol. The maximum Gasteiger partial charge on any atom is 0.0412 e. The van der Waals surface area contributed by atoms with E-state index in [1.807, 2.05) is 0 Å². The maximum absolute atomic E-state index is 3.64. The molecule has 0 amide bonds. The molecule has 2 rings (SSSR count). The summed E-state index contributed by atoms with van der Waals surface area (Å²) in [6.07, 6.45) is 5.08. The third kappa shape index (κ3) is 3.99. The van der Waals surface area contributed by atoms with Gasteiger partial charge in [-0.05, 0) is 49.8 Å². The Labute approximate surface area is 124 Å². The number of benzene rings is 1. The normalized spacial score (nSPS) is 16.9. The standard InChI is InChI=1S/C18H30N2/c1-4-17(14-19-13-15(2)3)20-12-8-7-10-16-9-5-6-11-18(16)20/h5-6,9,11,15,17,19H,4,7-8,10,12-14H2,1-3H3. The van der Waals surface area contributed by atoms with Crippen LogP contribution in [0.2, 0.25) is 0 Å². The number of para-hydroxylation sites is 1. The number of anilines is 1. The van der Waals surface area contributed by atoms with Gasteiger partial charge in [-0.3, -0.25) is 0 Å². The van der Waals surface area contributed by atoms with Crippen LogP contribution in [0.25, 0.3) is 0 Å². The fourth-order valence-electron chi connectivity index (χ4n) is 3.11. The highest BCUT2D eigenvalue weighted by Crippen LogP contribution is 2.28. The molecule has 1 heterocycles. The van der Waals surface area contributed by atoms with Crippen molar-refractivity contribution in [2.24, 2.45) is 5.92 Å². The molecule has 112 valence electrons. The molecule has 2 nitrogen and oxygen atoms in total. The summed E-state index contributed by atoms with van der Waals surface area (Å²) in [5.41, 5.74) is 3.01. The Morgan fingerprint density at radius 1 is 1.15 bits per heavy atom. The Kier molecular flexibility index (Phi) is 5.90. The van der Waals surface area contributed by atoms with Crippen molar-refractivity contribution in [3.8, 4) is 0 Å². The Morgan fingerprint density at radius 3 is 2.70 bits per heavy atom. The van der Waals surface area contributed by atoms with Crippen LogP contribution in [-0.4, -0.2) is 25.7 Å². The molecule has 0 radical (unpaired) electrons. The van der Waals surface area contributed by atoms with E-state index >= 15 is 0 Å². The summed E-state index contributed by atoms with van der Waals surface area (Å²) in [6, 6.07) is 9.60. The predicted octanol–water partition coefficient (Wildman–Crippen LogP) is 3.85. The number of fused-ring (bicyclic) bond motifs is 1. The van der Waals surface area contributed by atoms with Crippen LogP contribution in [-0.2, 0) is 6.42 Å². The fourth-order valence-corrected chi connectivity index (χ4v) is 3.11. The van der Waals surface area contributed by atoms with Crippen molar-refractivity contribution in [3.05, 3.63) is 29.8 Å². The second-order valence-corrected chi connectivity index (χ2v) is 6.39. The van der Waals surface area contributed by atoms with Crippen molar-refractivity contribution >= 4 is 5.69 Å². The van der Waals surface area contributed by atoms with Gasteiger partial charge >= 0.3 is 0 Å². The van der Waals surface area contributed by atoms with Crippen LogP contribution < -0.4 is 10.2 Å². The van der Waals surface area contributed by atoms with Crippen LogP contribution in [0.4, 0.5) is 5.69 Å². The van der Waals surface area contributed by atoms with E-state index in [4.69, 9.17) is 0 Å². The molecule has 1 N–H and O–H groups in total. The average molecular weight is 274 g/mol. The number of aryl methyl sites for hydroxylation is 1. The van der Waals surface area contributed by atoms with Gasteiger partial charge in [0.05, 0.1) is 0 Å². The number of rotatable bonds is 6. The molecule has 20 heavy (non-hydrogen) atoms. The molecule has 0 aromatic heterocycles. The first-order chi connectivity index (χ1) is 9.72. The van der Waals surface area contributed by atoms with Gasteiger partial charge in [0, 0.05) is 24.8 Å². The molecule has 0 saturated heterocycles. The van der Waals surface area contributed by atoms with E-state index < -0.39 is 0 Å². The molecule has 0 fully saturated rings. The number of hydrogen-bond donors (Lipinski definition) is 1. The van der Waals surface area contributed by atoms with Crippen molar-refractivity contribution in [1.29, 1.82) is 0 Å². The van der Waals surface area contributed by atoms with E-state index in [1.54, 1.807) is 0 Å². The van der Waals surface area contributed by atoms with Crippen molar-refractivity contribution in [3.63, 3.8) is 0 Å². The van der Waals surface area contributed by atoms with Gasteiger partial charge in [0.15, 0.2) is 0 Å². The molecule has 0 aliphatic carbocycles. The largest absolute Gasteiger partial charge is 0.367 e. The van der Waals surface area contributed by atoms with Crippen molar-refractivity contribution in [2.75, 3.05) is 24.5 Å². The first-order valence-electron chi connectivity index (χ1n) is 8.27. The third-order valence-corrected chi connectivity index (χ3v) is 4.24. The molecule has 1 aromatic rings. The zero-order valence-electron chi connectivity index (χ0n) is 13.4. The minimum absolute atomic E-state index is 0.619. The molecular formula is C18H30N2. The molecule has 1 atom stereocenters. The fraction of sp³-hybridized carbons (Fsp3) is 0.667. The van der Waals surface area contributed by atoms with Gasteiger partial charge in [0.25, 0.3) is 0 Å². The quantitative estimate of drug-likeness (QED) is 0.847. The third-order valence-electron chi connectivity index (χ3n) is 4.24. The second kappa shape index (κ2) is 7.68. The van der Waals surface area contributed by atoms with Crippen LogP contribution in [0.3, 0.4) is 0 Å². The summed E-state index contributed by atoms with van der Waals surface area (Å²) in [5.74, 6) is 0.726. The molecule has 2 heteroatoms. The lowest BCUT2D eigenvalue weighted by Crippen LogP contribution is -2.43. The number of hydrogen-bond acceptors (Lipinski definition) is 2. The van der Waals surface area contributed by atoms with E-state index in [0.717, 1.165) is 19.0 Å². The van der Waals surface area contributed by atoms with Crippen molar-refractivity contribution in [2.45, 2.75) is 52.5 Å². The molecule has 1 aromatic carbocycles. The Balaban J connectivity index is 2.08.